The molecule has 0 bridgehead atoms. The molecule has 0 fully saturated rings. The molecule has 0 aliphatic heterocycles. The summed E-state index contributed by atoms with van der Waals surface area (Å²) >= 11 is 0. The van der Waals surface area contributed by atoms with Gasteiger partial charge in [-0.2, -0.15) is 5.53 Å². The molecule has 97 nitrogen and oxygen atoms in total. The number of hydrogen-bond acceptors (Lipinski definition) is 2. The quantitative estimate of drug-likeness (QED) is 0.0337. The Bertz CT molecular complexity index is 3390. The zero-order valence-electron chi connectivity index (χ0n) is 44.1. The second kappa shape index (κ2) is 77.5. The molecule has 0 atom stereocenters. The van der Waals surface area contributed by atoms with E-state index in [-0.39, 0.29) is 0 Å². The van der Waals surface area contributed by atoms with E-state index in [4.69, 9.17) is 5.53 Å². The van der Waals surface area contributed by atoms with Crippen molar-refractivity contribution < 1.29 is 0 Å². The van der Waals surface area contributed by atoms with Crippen LogP contribution in [-0.4, -0.2) is 6.72 Å². The van der Waals surface area contributed by atoms with Gasteiger partial charge in [-0.25, -0.2) is 0 Å². The van der Waals surface area contributed by atoms with Crippen LogP contribution in [0.4, 0.5) is 0 Å². The van der Waals surface area contributed by atoms with Crippen molar-refractivity contribution in [2.24, 2.45) is 501 Å². The van der Waals surface area contributed by atoms with Gasteiger partial charge in [0.1, 0.15) is 0 Å². The minimum atomic E-state index is 2.50. The first-order valence-corrected chi connectivity index (χ1v) is 19.5. The summed E-state index contributed by atoms with van der Waals surface area (Å²) in [5, 5.41) is 287. The summed E-state index contributed by atoms with van der Waals surface area (Å²) in [5.74, 6) is 0. The summed E-state index contributed by atoms with van der Waals surface area (Å²) < 4.78 is 0. The Hall–Kier alpha value is -19.5. The lowest BCUT2D eigenvalue weighted by atomic mass is 11.7. The van der Waals surface area contributed by atoms with Gasteiger partial charge >= 0.3 is 0 Å². The van der Waals surface area contributed by atoms with Crippen molar-refractivity contribution in [1.82, 2.24) is 0 Å². The molecule has 0 spiro atoms. The summed E-state index contributed by atoms with van der Waals surface area (Å²) in [5.41, 5.74) is 6.27. The first kappa shape index (κ1) is 78.5. The Morgan fingerprint density at radius 3 is 0.184 bits per heavy atom. The number of rotatable bonds is 48. The maximum Gasteiger partial charge on any atom is 0.0151 e. The van der Waals surface area contributed by atoms with Gasteiger partial charge < -0.3 is 0 Å². The van der Waals surface area contributed by atoms with Crippen LogP contribution in [0.3, 0.4) is 0 Å². The molecule has 97 heteroatoms. The molecule has 0 unspecified atom stereocenters. The normalized spacial score (nSPS) is 15.6. The van der Waals surface area contributed by atoms with Crippen LogP contribution in [0.15, 0.2) is 501 Å². The highest BCUT2D eigenvalue weighted by Crippen LogP contribution is 1.98. The summed E-state index contributed by atoms with van der Waals surface area (Å²) in [6.07, 6.45) is 0. The van der Waals surface area contributed by atoms with E-state index in [2.05, 4.69) is 508 Å². The predicted molar refractivity (Wildman–Crippen MR) is 243 cm³/mol. The SMILES string of the molecule is C=N/N=N/N=N/N=N/N=N/N=N/N=N/N=N/N=N/N=N/N=N/N=N/N=N/N=N/N=N/N=N/N=N/N=N/N=N/N=N/N=N/N=N/N=N/N=N/N=N/N=N/N=N/N=N/N=N/N=N/N=N/N=N/N=N/N=N/N=N/N=N/N=N/N=N/N=N/N=N/N=N/N=N/N=N/N=N/N=N/N=N/N=N/N=N/N=N. The van der Waals surface area contributed by atoms with Crippen molar-refractivity contribution >= 4 is 6.72 Å². The van der Waals surface area contributed by atoms with E-state index in [0.29, 0.717) is 0 Å². The Morgan fingerprint density at radius 1 is 0.0816 bits per heavy atom. The average Bonchev–Trinajstić information content (AvgIpc) is 3.63. The maximum atomic E-state index is 6.27. The van der Waals surface area contributed by atoms with E-state index in [9.17, 15) is 0 Å². The molecule has 0 radical (unpaired) electrons. The van der Waals surface area contributed by atoms with E-state index in [0.717, 1.165) is 0 Å². The fourth-order valence-corrected chi connectivity index (χ4v) is 1.69. The van der Waals surface area contributed by atoms with E-state index in [1.807, 2.05) is 0 Å². The third kappa shape index (κ3) is 76.5. The van der Waals surface area contributed by atoms with E-state index in [1.165, 1.54) is 0 Å². The molecule has 1 N–H and O–H groups in total. The van der Waals surface area contributed by atoms with Crippen molar-refractivity contribution in [3.63, 3.8) is 0 Å². The van der Waals surface area contributed by atoms with Gasteiger partial charge in [0, 0.05) is 419 Å². The molecule has 0 saturated heterocycles. The highest BCUT2D eigenvalue weighted by atomic mass is 15.8. The Morgan fingerprint density at radius 2 is 0.133 bits per heavy atom. The fraction of sp³-hybridized carbons (Fsp3) is 0. The van der Waals surface area contributed by atoms with Crippen molar-refractivity contribution in [3.05, 3.63) is 0 Å². The highest BCUT2D eigenvalue weighted by Gasteiger charge is 1.80. The van der Waals surface area contributed by atoms with E-state index in [1.54, 1.807) is 0 Å². The Labute approximate surface area is 513 Å². The fourth-order valence-electron chi connectivity index (χ4n) is 1.69. The van der Waals surface area contributed by atoms with Crippen LogP contribution >= 0.6 is 0 Å². The predicted octanol–water partition coefficient (Wildman–Crippen LogP) is 17.9. The molecule has 0 amide bonds. The summed E-state index contributed by atoms with van der Waals surface area (Å²) in [6, 6.07) is 0. The summed E-state index contributed by atoms with van der Waals surface area (Å²) in [7, 11) is 0. The Kier molecular flexibility index (Phi) is 62.0. The van der Waals surface area contributed by atoms with Gasteiger partial charge in [-0.05, 0) is 83.6 Å². The van der Waals surface area contributed by atoms with Crippen molar-refractivity contribution in [3.8, 4) is 0 Å². The third-order valence-corrected chi connectivity index (χ3v) is 3.83. The monoisotopic (exact) mass is 1370 g/mol. The molecule has 0 aliphatic rings. The highest BCUT2D eigenvalue weighted by molar-refractivity contribution is 5.22. The van der Waals surface area contributed by atoms with Gasteiger partial charge in [0.15, 0.2) is 0 Å². The van der Waals surface area contributed by atoms with Gasteiger partial charge in [-0.3, -0.25) is 0 Å². The minimum absolute atomic E-state index is 2.50. The second-order valence-corrected chi connectivity index (χ2v) is 8.65. The van der Waals surface area contributed by atoms with Crippen molar-refractivity contribution in [1.29, 1.82) is 5.53 Å². The van der Waals surface area contributed by atoms with Crippen LogP contribution in [0.2, 0.25) is 0 Å². The van der Waals surface area contributed by atoms with Crippen molar-refractivity contribution in [2.45, 2.75) is 0 Å². The molecule has 0 aliphatic carbocycles. The molecule has 0 aromatic rings. The van der Waals surface area contributed by atoms with Gasteiger partial charge in [0.2, 0.25) is 0 Å². The largest absolute Gasteiger partial charge is 0.183 e. The van der Waals surface area contributed by atoms with Crippen LogP contribution in [-0.2, 0) is 0 Å². The molecule has 0 rings (SSSR count). The number of nitrogens with zero attached hydrogens (tertiary/aromatic N) is 96. The lowest BCUT2D eigenvalue weighted by Gasteiger charge is -1.71. The molecule has 0 aromatic heterocycles. The van der Waals surface area contributed by atoms with Crippen LogP contribution in [0.5, 0.6) is 0 Å². The van der Waals surface area contributed by atoms with Gasteiger partial charge in [-0.15, -0.1) is 5.10 Å². The third-order valence-electron chi connectivity index (χ3n) is 3.83. The Balaban J connectivity index is 4.12. The van der Waals surface area contributed by atoms with E-state index >= 15 is 0 Å². The first-order chi connectivity index (χ1) is 48.9. The van der Waals surface area contributed by atoms with Crippen LogP contribution in [0.1, 0.15) is 0 Å². The lowest BCUT2D eigenvalue weighted by molar-refractivity contribution is 0.723. The topological polar surface area (TPSA) is 1210 Å². The molecule has 98 heavy (non-hydrogen) atoms. The first-order valence-electron chi connectivity index (χ1n) is 19.5. The molecular weight excluding hydrogens is 1370 g/mol. The number of hydrogen-bond donors (Lipinski definition) is 1. The maximum absolute atomic E-state index is 6.27. The molecule has 0 saturated carbocycles. The van der Waals surface area contributed by atoms with Crippen LogP contribution in [0.25, 0.3) is 0 Å². The molecule has 492 valence electrons. The van der Waals surface area contributed by atoms with Gasteiger partial charge in [-0.1, -0.05) is 0 Å². The van der Waals surface area contributed by atoms with Gasteiger partial charge in [0.25, 0.3) is 0 Å². The summed E-state index contributed by atoms with van der Waals surface area (Å²) in [4.78, 5) is 0. The zero-order valence-corrected chi connectivity index (χ0v) is 44.1. The molecular formula is CH3N97. The second-order valence-electron chi connectivity index (χ2n) is 8.65. The van der Waals surface area contributed by atoms with E-state index < -0.39 is 0 Å². The molecule has 0 aromatic carbocycles. The smallest absolute Gasteiger partial charge is 0.0151 e. The van der Waals surface area contributed by atoms with Crippen LogP contribution < -0.4 is 0 Å². The number of nitrogens with one attached hydrogen (secondary N) is 1. The standard InChI is InChI=1S/CH3N97/c1-3-5-7-9-11-13-15-17-19-21-23-25-27-29-31-33-35-37-39-41-43-45-47-49-51-53-55-57-59-61-63-65-67-69-71-73-75-77-79-81-83-85-87-89-91-93-95-97-98-96-94-92-90-88-86-84-82-80-78-76-74-72-70-68-66-64-62-60-58-56-54-52-50-48-46-44-42-40-38-36-34-32-30-28-26-24-22-20-18-16-14-12-10-8-6-4-2/h2H,1H2/b4-2?,7-5+,8-6+,11-9+,12-10+,15-13+,16-14+,19-17+,20-18+,23-21+,24-22+,27-25+,28-26+,31-29+,32-30+,35-33+,36-34+,39-37+,40-38+,43-41+,44-42+,47-45+,48-46+,51-49+,52-50+,55-53+,56-54+,59-57+,60-58+,63-61+,64-62+,67-65+,68-66+,71-69+,72-70+,75-73+,76-74+,79-77+,80-78+,83-81+,84-82+,87-85+,88-86+,91-89+,92-90+,95-93+,96-94+,98-97+. The average molecular weight is 1370 g/mol. The summed E-state index contributed by atoms with van der Waals surface area (Å²) in [6.45, 7) is 3.00. The lowest BCUT2D eigenvalue weighted by Crippen LogP contribution is -1.52. The zero-order chi connectivity index (χ0) is 69.9. The van der Waals surface area contributed by atoms with Crippen molar-refractivity contribution in [2.75, 3.05) is 0 Å². The van der Waals surface area contributed by atoms with Crippen LogP contribution in [0, 0.1) is 5.53 Å². The minimum Gasteiger partial charge on any atom is -0.183 e. The molecule has 0 heterocycles. The van der Waals surface area contributed by atoms with Gasteiger partial charge in [0.05, 0.1) is 0 Å².